The van der Waals surface area contributed by atoms with Gasteiger partial charge in [-0.25, -0.2) is 8.78 Å². The van der Waals surface area contributed by atoms with Crippen LogP contribution in [0.3, 0.4) is 0 Å². The Kier molecular flexibility index (Phi) is 14.6. The van der Waals surface area contributed by atoms with Crippen molar-refractivity contribution in [3.63, 3.8) is 0 Å². The predicted molar refractivity (Wildman–Crippen MR) is 163 cm³/mol. The van der Waals surface area contributed by atoms with E-state index in [1.54, 1.807) is 12.1 Å². The molecule has 208 valence electrons. The molecule has 0 saturated heterocycles. The van der Waals surface area contributed by atoms with Crippen LogP contribution in [0, 0.1) is 0 Å². The highest BCUT2D eigenvalue weighted by molar-refractivity contribution is 5.88. The van der Waals surface area contributed by atoms with Crippen molar-refractivity contribution in [2.75, 3.05) is 28.2 Å². The van der Waals surface area contributed by atoms with Gasteiger partial charge in [-0.2, -0.15) is 0 Å². The predicted octanol–water partition coefficient (Wildman–Crippen LogP) is 8.42. The van der Waals surface area contributed by atoms with Gasteiger partial charge in [-0.15, -0.1) is 24.8 Å². The number of alkyl halides is 2. The highest BCUT2D eigenvalue weighted by Crippen LogP contribution is 2.29. The van der Waals surface area contributed by atoms with Gasteiger partial charge in [-0.1, -0.05) is 91.0 Å². The summed E-state index contributed by atoms with van der Waals surface area (Å²) in [6.45, 7) is 1.65. The average molecular weight is 574 g/mol. The molecule has 0 aromatic heterocycles. The van der Waals surface area contributed by atoms with Gasteiger partial charge in [-0.05, 0) is 67.6 Å². The molecule has 0 aliphatic heterocycles. The molecule has 4 rings (SSSR count). The Hall–Kier alpha value is -3.09. The first kappa shape index (κ1) is 33.9. The van der Waals surface area contributed by atoms with Crippen LogP contribution in [0.5, 0.6) is 0 Å². The number of benzene rings is 4. The molecule has 0 saturated carbocycles. The second kappa shape index (κ2) is 16.8. The van der Waals surface area contributed by atoms with Crippen molar-refractivity contribution < 1.29 is 13.6 Å². The number of aldehydes is 1. The fourth-order valence-corrected chi connectivity index (χ4v) is 4.23. The summed E-state index contributed by atoms with van der Waals surface area (Å²) in [6, 6.07) is 30.4. The average Bonchev–Trinajstić information content (AvgIpc) is 2.89. The van der Waals surface area contributed by atoms with Crippen LogP contribution >= 0.6 is 24.8 Å². The van der Waals surface area contributed by atoms with E-state index in [-0.39, 0.29) is 30.4 Å². The van der Waals surface area contributed by atoms with Gasteiger partial charge in [0.25, 0.3) is 6.43 Å². The van der Waals surface area contributed by atoms with E-state index >= 15 is 0 Å². The van der Waals surface area contributed by atoms with Crippen LogP contribution in [0.2, 0.25) is 0 Å². The molecule has 0 heterocycles. The van der Waals surface area contributed by atoms with Gasteiger partial charge in [-0.3, -0.25) is 4.79 Å². The minimum absolute atomic E-state index is 0. The molecule has 7 heteroatoms. The van der Waals surface area contributed by atoms with Gasteiger partial charge in [0.1, 0.15) is 0 Å². The second-order valence-electron chi connectivity index (χ2n) is 9.42. The molecule has 0 bridgehead atoms. The molecule has 0 aliphatic rings. The molecule has 0 unspecified atom stereocenters. The normalized spacial score (nSPS) is 10.4. The minimum atomic E-state index is -2.43. The Balaban J connectivity index is 0.000000371. The zero-order valence-corrected chi connectivity index (χ0v) is 24.3. The maximum atomic E-state index is 12.8. The van der Waals surface area contributed by atoms with Crippen LogP contribution < -0.4 is 0 Å². The largest absolute Gasteiger partial charge is 0.305 e. The second-order valence-corrected chi connectivity index (χ2v) is 9.42. The Morgan fingerprint density at radius 1 is 0.641 bits per heavy atom. The maximum Gasteiger partial charge on any atom is 0.263 e. The van der Waals surface area contributed by atoms with E-state index < -0.39 is 6.43 Å². The van der Waals surface area contributed by atoms with Gasteiger partial charge in [0, 0.05) is 24.2 Å². The molecule has 39 heavy (non-hydrogen) atoms. The first-order valence-electron chi connectivity index (χ1n) is 12.2. The van der Waals surface area contributed by atoms with Crippen LogP contribution in [-0.4, -0.2) is 44.3 Å². The van der Waals surface area contributed by atoms with Crippen molar-refractivity contribution in [3.8, 4) is 22.3 Å². The van der Waals surface area contributed by atoms with Crippen LogP contribution in [-0.2, 0) is 13.1 Å². The fraction of sp³-hybridized carbons (Fsp3) is 0.219. The van der Waals surface area contributed by atoms with Crippen LogP contribution in [0.15, 0.2) is 97.1 Å². The maximum absolute atomic E-state index is 12.8. The number of rotatable bonds is 8. The summed E-state index contributed by atoms with van der Waals surface area (Å²) in [7, 11) is 8.07. The van der Waals surface area contributed by atoms with Crippen molar-refractivity contribution in [2.45, 2.75) is 19.5 Å². The fourth-order valence-electron chi connectivity index (χ4n) is 4.23. The van der Waals surface area contributed by atoms with Gasteiger partial charge in [0.05, 0.1) is 0 Å². The Morgan fingerprint density at radius 2 is 1.13 bits per heavy atom. The standard InChI is InChI=1S/C16H17F2N.C16H17NO.2ClH/c1-19(2)11-14-6-3-4-9-15(14)12-7-5-8-13(10-12)16(17)18;1-17(2)11-13-7-3-5-9-15(13)16-10-6-4-8-14(16)12-18;;/h3-10,16H,11H2,1-2H3;3-10,12H,11H2,1-2H3;2*1H. The van der Waals surface area contributed by atoms with Crippen LogP contribution in [0.25, 0.3) is 22.3 Å². The molecule has 0 fully saturated rings. The summed E-state index contributed by atoms with van der Waals surface area (Å²) < 4.78 is 25.5. The zero-order chi connectivity index (χ0) is 26.8. The van der Waals surface area contributed by atoms with Crippen molar-refractivity contribution in [1.82, 2.24) is 9.80 Å². The van der Waals surface area contributed by atoms with E-state index in [9.17, 15) is 13.6 Å². The molecule has 0 atom stereocenters. The van der Waals surface area contributed by atoms with Gasteiger partial charge < -0.3 is 9.80 Å². The monoisotopic (exact) mass is 572 g/mol. The number of nitrogens with zero attached hydrogens (tertiary/aromatic N) is 2. The van der Waals surface area contributed by atoms with E-state index in [1.165, 1.54) is 11.6 Å². The summed E-state index contributed by atoms with van der Waals surface area (Å²) in [4.78, 5) is 15.3. The lowest BCUT2D eigenvalue weighted by Gasteiger charge is -2.15. The van der Waals surface area contributed by atoms with Crippen molar-refractivity contribution in [1.29, 1.82) is 0 Å². The molecule has 0 spiro atoms. The summed E-state index contributed by atoms with van der Waals surface area (Å²) in [5.74, 6) is 0. The van der Waals surface area contributed by atoms with E-state index in [2.05, 4.69) is 21.9 Å². The number of halogens is 4. The minimum Gasteiger partial charge on any atom is -0.305 e. The van der Waals surface area contributed by atoms with Crippen molar-refractivity contribution >= 4 is 31.1 Å². The lowest BCUT2D eigenvalue weighted by atomic mass is 9.96. The summed E-state index contributed by atoms with van der Waals surface area (Å²) in [5, 5.41) is 0. The van der Waals surface area contributed by atoms with Crippen LogP contribution in [0.4, 0.5) is 8.78 Å². The van der Waals surface area contributed by atoms with Gasteiger partial charge >= 0.3 is 0 Å². The summed E-state index contributed by atoms with van der Waals surface area (Å²) in [6.07, 6.45) is -1.51. The van der Waals surface area contributed by atoms with Gasteiger partial charge in [0.2, 0.25) is 0 Å². The highest BCUT2D eigenvalue weighted by Gasteiger charge is 2.11. The number of carbonyl (C=O) groups excluding carboxylic acids is 1. The Morgan fingerprint density at radius 3 is 1.67 bits per heavy atom. The molecule has 3 nitrogen and oxygen atoms in total. The molecular formula is C32H36Cl2F2N2O. The molecule has 0 aliphatic carbocycles. The zero-order valence-electron chi connectivity index (χ0n) is 22.7. The SMILES string of the molecule is CN(C)Cc1ccccc1-c1cccc(C(F)F)c1.CN(C)Cc1ccccc1-c1ccccc1C=O.Cl.Cl. The van der Waals surface area contributed by atoms with E-state index in [4.69, 9.17) is 0 Å². The lowest BCUT2D eigenvalue weighted by Crippen LogP contribution is -2.11. The molecule has 0 radical (unpaired) electrons. The van der Waals surface area contributed by atoms with E-state index in [0.717, 1.165) is 52.8 Å². The molecule has 0 N–H and O–H groups in total. The molecule has 4 aromatic carbocycles. The lowest BCUT2D eigenvalue weighted by molar-refractivity contribution is 0.112. The molecular weight excluding hydrogens is 537 g/mol. The number of carbonyl (C=O) groups is 1. The van der Waals surface area contributed by atoms with Crippen molar-refractivity contribution in [2.24, 2.45) is 0 Å². The van der Waals surface area contributed by atoms with E-state index in [1.807, 2.05) is 94.9 Å². The highest BCUT2D eigenvalue weighted by atomic mass is 35.5. The smallest absolute Gasteiger partial charge is 0.263 e. The first-order valence-corrected chi connectivity index (χ1v) is 12.2. The third-order valence-electron chi connectivity index (χ3n) is 5.84. The summed E-state index contributed by atoms with van der Waals surface area (Å²) in [5.41, 5.74) is 7.17. The van der Waals surface area contributed by atoms with Crippen LogP contribution in [0.1, 0.15) is 33.5 Å². The quantitative estimate of drug-likeness (QED) is 0.198. The molecule has 0 amide bonds. The topological polar surface area (TPSA) is 23.6 Å². The Bertz CT molecular complexity index is 1310. The number of hydrogen-bond donors (Lipinski definition) is 0. The van der Waals surface area contributed by atoms with Crippen molar-refractivity contribution in [3.05, 3.63) is 119 Å². The molecule has 4 aromatic rings. The third-order valence-corrected chi connectivity index (χ3v) is 5.84. The number of hydrogen-bond acceptors (Lipinski definition) is 3. The first-order chi connectivity index (χ1) is 17.8. The Labute approximate surface area is 243 Å². The summed E-state index contributed by atoms with van der Waals surface area (Å²) >= 11 is 0. The third kappa shape index (κ3) is 9.86. The van der Waals surface area contributed by atoms with Gasteiger partial charge in [0.15, 0.2) is 6.29 Å². The van der Waals surface area contributed by atoms with E-state index in [0.29, 0.717) is 0 Å².